The van der Waals surface area contributed by atoms with Crippen molar-refractivity contribution in [1.29, 1.82) is 0 Å². The highest BCUT2D eigenvalue weighted by Gasteiger charge is 2.39. The van der Waals surface area contributed by atoms with Crippen LogP contribution >= 0.6 is 7.82 Å². The van der Waals surface area contributed by atoms with Crippen molar-refractivity contribution in [2.45, 2.75) is 147 Å². The van der Waals surface area contributed by atoms with Crippen LogP contribution in [0.5, 0.6) is 0 Å². The van der Waals surface area contributed by atoms with Crippen molar-refractivity contribution in [3.05, 3.63) is 24.3 Å². The van der Waals surface area contributed by atoms with E-state index >= 15 is 0 Å². The number of ether oxygens (including phenoxy) is 2. The monoisotopic (exact) mass is 662 g/mol. The van der Waals surface area contributed by atoms with Gasteiger partial charge in [-0.15, -0.1) is 0 Å². The fourth-order valence-electron chi connectivity index (χ4n) is 5.42. The number of phosphoric acid groups is 1. The molecule has 11 nitrogen and oxygen atoms in total. The van der Waals surface area contributed by atoms with Crippen LogP contribution in [0.25, 0.3) is 0 Å². The van der Waals surface area contributed by atoms with Gasteiger partial charge in [0.15, 0.2) is 6.10 Å². The van der Waals surface area contributed by atoms with Crippen LogP contribution in [0.2, 0.25) is 0 Å². The molecule has 45 heavy (non-hydrogen) atoms. The van der Waals surface area contributed by atoms with E-state index in [0.717, 1.165) is 44.9 Å². The first-order valence-corrected chi connectivity index (χ1v) is 18.4. The smallest absolute Gasteiger partial charge is 0.462 e. The van der Waals surface area contributed by atoms with Crippen molar-refractivity contribution < 1.29 is 53.3 Å². The van der Waals surface area contributed by atoms with Gasteiger partial charge < -0.3 is 34.6 Å². The van der Waals surface area contributed by atoms with Gasteiger partial charge in [-0.05, 0) is 38.0 Å². The van der Waals surface area contributed by atoms with E-state index in [4.69, 9.17) is 19.3 Å². The summed E-state index contributed by atoms with van der Waals surface area (Å²) in [6.07, 6.45) is 17.5. The van der Waals surface area contributed by atoms with Crippen molar-refractivity contribution in [3.8, 4) is 0 Å². The van der Waals surface area contributed by atoms with Crippen molar-refractivity contribution in [2.75, 3.05) is 13.2 Å². The molecule has 0 radical (unpaired) electrons. The SMILES string of the molecule is CCCCCCCCCC(=O)O[C@H](COC(=O)CCC/C=C/C[C@@H]1[C@@H](/C=C/[C@@H](O)CCCCC)[C@H](O)C[C@@H]1O)COP(=O)(O)O. The van der Waals surface area contributed by atoms with Crippen LogP contribution in [0.4, 0.5) is 0 Å². The first-order valence-electron chi connectivity index (χ1n) is 16.9. The molecule has 0 aromatic carbocycles. The number of esters is 2. The molecular weight excluding hydrogens is 603 g/mol. The van der Waals surface area contributed by atoms with Gasteiger partial charge in [0.2, 0.25) is 0 Å². The quantitative estimate of drug-likeness (QED) is 0.0334. The number of carbonyl (C=O) groups excluding carboxylic acids is 2. The lowest BCUT2D eigenvalue weighted by Gasteiger charge is -2.19. The van der Waals surface area contributed by atoms with E-state index in [-0.39, 0.29) is 31.3 Å². The Bertz CT molecular complexity index is 903. The van der Waals surface area contributed by atoms with E-state index in [1.54, 1.807) is 6.08 Å². The van der Waals surface area contributed by atoms with E-state index in [1.165, 1.54) is 12.8 Å². The van der Waals surface area contributed by atoms with Crippen LogP contribution in [0.15, 0.2) is 24.3 Å². The maximum Gasteiger partial charge on any atom is 0.469 e. The Balaban J connectivity index is 2.41. The average Bonchev–Trinajstić information content (AvgIpc) is 3.25. The molecule has 1 fully saturated rings. The van der Waals surface area contributed by atoms with Gasteiger partial charge in [0.05, 0.1) is 24.9 Å². The summed E-state index contributed by atoms with van der Waals surface area (Å²) in [5.41, 5.74) is 0. The molecule has 5 N–H and O–H groups in total. The first-order chi connectivity index (χ1) is 21.5. The highest BCUT2D eigenvalue weighted by Crippen LogP contribution is 2.37. The second kappa shape index (κ2) is 24.6. The number of phosphoric ester groups is 1. The molecular formula is C33H59O11P. The lowest BCUT2D eigenvalue weighted by Crippen LogP contribution is -2.29. The molecule has 0 amide bonds. The molecule has 6 atom stereocenters. The molecule has 0 heterocycles. The highest BCUT2D eigenvalue weighted by molar-refractivity contribution is 7.46. The first kappa shape index (κ1) is 41.4. The maximum atomic E-state index is 12.3. The van der Waals surface area contributed by atoms with Crippen LogP contribution in [-0.2, 0) is 28.2 Å². The molecule has 0 bridgehead atoms. The molecule has 1 aliphatic rings. The number of hydrogen-bond donors (Lipinski definition) is 5. The van der Waals surface area contributed by atoms with E-state index in [2.05, 4.69) is 18.4 Å². The molecule has 0 aliphatic heterocycles. The number of hydrogen-bond acceptors (Lipinski definition) is 9. The van der Waals surface area contributed by atoms with Gasteiger partial charge in [-0.25, -0.2) is 4.57 Å². The van der Waals surface area contributed by atoms with Gasteiger partial charge in [0, 0.05) is 25.2 Å². The Morgan fingerprint density at radius 1 is 0.844 bits per heavy atom. The lowest BCUT2D eigenvalue weighted by atomic mass is 9.89. The zero-order chi connectivity index (χ0) is 33.5. The van der Waals surface area contributed by atoms with Gasteiger partial charge in [0.1, 0.15) is 6.61 Å². The number of aliphatic hydroxyl groups is 3. The summed E-state index contributed by atoms with van der Waals surface area (Å²) in [5, 5.41) is 31.0. The largest absolute Gasteiger partial charge is 0.469 e. The van der Waals surface area contributed by atoms with Gasteiger partial charge in [-0.1, -0.05) is 95.9 Å². The fourth-order valence-corrected chi connectivity index (χ4v) is 5.78. The van der Waals surface area contributed by atoms with Crippen LogP contribution in [0.1, 0.15) is 123 Å². The molecule has 0 spiro atoms. The number of unbranched alkanes of at least 4 members (excludes halogenated alkanes) is 9. The number of rotatable bonds is 26. The third kappa shape index (κ3) is 21.0. The summed E-state index contributed by atoms with van der Waals surface area (Å²) in [5.74, 6) is -1.48. The zero-order valence-electron chi connectivity index (χ0n) is 27.3. The molecule has 0 aromatic heterocycles. The zero-order valence-corrected chi connectivity index (χ0v) is 28.2. The van der Waals surface area contributed by atoms with Crippen LogP contribution in [-0.4, -0.2) is 74.7 Å². The summed E-state index contributed by atoms with van der Waals surface area (Å²) in [7, 11) is -4.80. The maximum absolute atomic E-state index is 12.3. The molecule has 1 saturated carbocycles. The predicted molar refractivity (Wildman–Crippen MR) is 172 cm³/mol. The summed E-state index contributed by atoms with van der Waals surface area (Å²) >= 11 is 0. The van der Waals surface area contributed by atoms with E-state index in [0.29, 0.717) is 38.5 Å². The predicted octanol–water partition coefficient (Wildman–Crippen LogP) is 5.66. The van der Waals surface area contributed by atoms with E-state index in [9.17, 15) is 29.5 Å². The minimum atomic E-state index is -4.80. The van der Waals surface area contributed by atoms with Crippen LogP contribution < -0.4 is 0 Å². The summed E-state index contributed by atoms with van der Waals surface area (Å²) in [6, 6.07) is 0. The third-order valence-corrected chi connectivity index (χ3v) is 8.53. The van der Waals surface area contributed by atoms with Crippen molar-refractivity contribution >= 4 is 19.8 Å². The molecule has 0 aromatic rings. The van der Waals surface area contributed by atoms with Gasteiger partial charge in [0.25, 0.3) is 0 Å². The average molecular weight is 663 g/mol. The van der Waals surface area contributed by atoms with Crippen molar-refractivity contribution in [1.82, 2.24) is 0 Å². The summed E-state index contributed by atoms with van der Waals surface area (Å²) in [6.45, 7) is 3.28. The summed E-state index contributed by atoms with van der Waals surface area (Å²) < 4.78 is 26.1. The second-order valence-electron chi connectivity index (χ2n) is 12.1. The molecule has 262 valence electrons. The second-order valence-corrected chi connectivity index (χ2v) is 13.4. The Morgan fingerprint density at radius 2 is 1.49 bits per heavy atom. The topological polar surface area (TPSA) is 180 Å². The van der Waals surface area contributed by atoms with Crippen LogP contribution in [0.3, 0.4) is 0 Å². The molecule has 1 aliphatic carbocycles. The van der Waals surface area contributed by atoms with Crippen molar-refractivity contribution in [2.24, 2.45) is 11.8 Å². The fraction of sp³-hybridized carbons (Fsp3) is 0.818. The molecule has 0 saturated heterocycles. The van der Waals surface area contributed by atoms with Crippen molar-refractivity contribution in [3.63, 3.8) is 0 Å². The van der Waals surface area contributed by atoms with Crippen LogP contribution in [0, 0.1) is 11.8 Å². The van der Waals surface area contributed by atoms with E-state index in [1.807, 2.05) is 18.2 Å². The third-order valence-electron chi connectivity index (χ3n) is 8.04. The number of carbonyl (C=O) groups is 2. The Morgan fingerprint density at radius 3 is 2.18 bits per heavy atom. The normalized spacial score (nSPS) is 21.8. The standard InChI is InChI=1S/C33H59O11P/c1-3-5-7-8-9-10-16-20-33(38)44-27(25-43-45(39,40)41)24-42-32(37)19-15-12-11-14-18-28-29(31(36)23-30(28)35)22-21-26(34)17-13-6-4-2/h11,14,21-22,26-31,34-36H,3-10,12-13,15-20,23-25H2,1-2H3,(H2,39,40,41)/b14-11+,22-21+/t26-,27+,28+,29+,30-,31+/m0/s1. The lowest BCUT2D eigenvalue weighted by molar-refractivity contribution is -0.161. The van der Waals surface area contributed by atoms with Gasteiger partial charge in [-0.3, -0.25) is 14.1 Å². The Labute approximate surface area is 269 Å². The molecule has 12 heteroatoms. The van der Waals surface area contributed by atoms with Gasteiger partial charge >= 0.3 is 19.8 Å². The minimum Gasteiger partial charge on any atom is -0.462 e. The Kier molecular flexibility index (Phi) is 22.6. The minimum absolute atomic E-state index is 0.0917. The molecule has 1 rings (SSSR count). The Hall–Kier alpha value is -1.59. The number of allylic oxidation sites excluding steroid dienone is 2. The highest BCUT2D eigenvalue weighted by atomic mass is 31.2. The molecule has 0 unspecified atom stereocenters. The number of aliphatic hydroxyl groups excluding tert-OH is 3. The van der Waals surface area contributed by atoms with Gasteiger partial charge in [-0.2, -0.15) is 0 Å². The van der Waals surface area contributed by atoms with E-state index < -0.39 is 50.8 Å². The summed E-state index contributed by atoms with van der Waals surface area (Å²) in [4.78, 5) is 42.5.